The lowest BCUT2D eigenvalue weighted by atomic mass is 9.97. The molecule has 1 aromatic carbocycles. The van der Waals surface area contributed by atoms with Crippen molar-refractivity contribution in [2.75, 3.05) is 5.73 Å². The smallest absolute Gasteiger partial charge is 0.0393 e. The second-order valence-electron chi connectivity index (χ2n) is 4.32. The molecule has 0 radical (unpaired) electrons. The second kappa shape index (κ2) is 4.42. The first-order valence-corrected chi connectivity index (χ1v) is 5.55. The molecule has 0 spiro atoms. The van der Waals surface area contributed by atoms with Crippen LogP contribution in [0.25, 0.3) is 5.57 Å². The van der Waals surface area contributed by atoms with Crippen molar-refractivity contribution in [1.82, 2.24) is 4.98 Å². The molecule has 0 fully saturated rings. The standard InChI is InChI=1S/C15H16N2/c1-10-4-5-15(16)14(7-10)12(3)13-6-11(2)8-17-9-13/h4-9H,3,16H2,1-2H3. The fourth-order valence-corrected chi connectivity index (χ4v) is 1.81. The van der Waals surface area contributed by atoms with Gasteiger partial charge < -0.3 is 5.73 Å². The Labute approximate surface area is 102 Å². The van der Waals surface area contributed by atoms with E-state index in [1.54, 1.807) is 0 Å². The van der Waals surface area contributed by atoms with Crippen molar-refractivity contribution in [3.8, 4) is 0 Å². The summed E-state index contributed by atoms with van der Waals surface area (Å²) in [7, 11) is 0. The van der Waals surface area contributed by atoms with Crippen LogP contribution in [0.1, 0.15) is 22.3 Å². The predicted octanol–water partition coefficient (Wildman–Crippen LogP) is 3.34. The first-order valence-electron chi connectivity index (χ1n) is 5.55. The van der Waals surface area contributed by atoms with Crippen LogP contribution in [0.3, 0.4) is 0 Å². The zero-order valence-corrected chi connectivity index (χ0v) is 10.2. The molecule has 2 heteroatoms. The Morgan fingerprint density at radius 1 is 1.12 bits per heavy atom. The van der Waals surface area contributed by atoms with Crippen LogP contribution in [0.15, 0.2) is 43.2 Å². The van der Waals surface area contributed by atoms with E-state index in [1.807, 2.05) is 38.4 Å². The molecule has 0 aliphatic heterocycles. The van der Waals surface area contributed by atoms with Gasteiger partial charge in [0.05, 0.1) is 0 Å². The first kappa shape index (κ1) is 11.4. The minimum absolute atomic E-state index is 0.752. The van der Waals surface area contributed by atoms with Gasteiger partial charge >= 0.3 is 0 Å². The van der Waals surface area contributed by atoms with Crippen LogP contribution in [-0.4, -0.2) is 4.98 Å². The van der Waals surface area contributed by atoms with Crippen molar-refractivity contribution in [2.45, 2.75) is 13.8 Å². The summed E-state index contributed by atoms with van der Waals surface area (Å²) < 4.78 is 0. The predicted molar refractivity (Wildman–Crippen MR) is 72.7 cm³/mol. The molecule has 1 heterocycles. The fraction of sp³-hybridized carbons (Fsp3) is 0.133. The molecule has 0 atom stereocenters. The molecule has 0 saturated heterocycles. The molecule has 0 unspecified atom stereocenters. The third-order valence-electron chi connectivity index (χ3n) is 2.76. The van der Waals surface area contributed by atoms with E-state index >= 15 is 0 Å². The van der Waals surface area contributed by atoms with Crippen molar-refractivity contribution < 1.29 is 0 Å². The maximum absolute atomic E-state index is 5.98. The molecule has 2 rings (SSSR count). The molecule has 1 aromatic heterocycles. The highest BCUT2D eigenvalue weighted by molar-refractivity contribution is 5.84. The summed E-state index contributed by atoms with van der Waals surface area (Å²) in [6.07, 6.45) is 3.65. The van der Waals surface area contributed by atoms with Gasteiger partial charge in [-0.15, -0.1) is 0 Å². The van der Waals surface area contributed by atoms with E-state index in [-0.39, 0.29) is 0 Å². The number of anilines is 1. The summed E-state index contributed by atoms with van der Waals surface area (Å²) in [5.41, 5.74) is 12.0. The van der Waals surface area contributed by atoms with Gasteiger partial charge in [-0.3, -0.25) is 4.98 Å². The molecule has 0 amide bonds. The molecule has 0 saturated carbocycles. The summed E-state index contributed by atoms with van der Waals surface area (Å²) >= 11 is 0. The van der Waals surface area contributed by atoms with E-state index in [4.69, 9.17) is 5.73 Å². The number of benzene rings is 1. The lowest BCUT2D eigenvalue weighted by Gasteiger charge is -2.10. The minimum Gasteiger partial charge on any atom is -0.398 e. The summed E-state index contributed by atoms with van der Waals surface area (Å²) in [5, 5.41) is 0. The van der Waals surface area contributed by atoms with Crippen LogP contribution >= 0.6 is 0 Å². The van der Waals surface area contributed by atoms with Crippen molar-refractivity contribution in [3.05, 3.63) is 65.5 Å². The molecule has 0 aliphatic carbocycles. The summed E-state index contributed by atoms with van der Waals surface area (Å²) in [6.45, 7) is 8.18. The largest absolute Gasteiger partial charge is 0.398 e. The van der Waals surface area contributed by atoms with E-state index in [0.29, 0.717) is 0 Å². The van der Waals surface area contributed by atoms with Crippen LogP contribution in [-0.2, 0) is 0 Å². The van der Waals surface area contributed by atoms with Crippen molar-refractivity contribution in [2.24, 2.45) is 0 Å². The number of rotatable bonds is 2. The molecule has 2 nitrogen and oxygen atoms in total. The third-order valence-corrected chi connectivity index (χ3v) is 2.76. The van der Waals surface area contributed by atoms with Gasteiger partial charge in [0.1, 0.15) is 0 Å². The molecule has 2 aromatic rings. The summed E-state index contributed by atoms with van der Waals surface area (Å²) in [5.74, 6) is 0. The number of nitrogens with two attached hydrogens (primary N) is 1. The summed E-state index contributed by atoms with van der Waals surface area (Å²) in [6, 6.07) is 8.04. The Hall–Kier alpha value is -2.09. The van der Waals surface area contributed by atoms with Gasteiger partial charge in [0, 0.05) is 29.2 Å². The van der Waals surface area contributed by atoms with E-state index in [0.717, 1.165) is 28.0 Å². The van der Waals surface area contributed by atoms with E-state index in [2.05, 4.69) is 23.7 Å². The average molecular weight is 224 g/mol. The number of hydrogen-bond donors (Lipinski definition) is 1. The van der Waals surface area contributed by atoms with E-state index in [1.165, 1.54) is 5.56 Å². The number of hydrogen-bond acceptors (Lipinski definition) is 2. The molecule has 0 aliphatic rings. The van der Waals surface area contributed by atoms with Gasteiger partial charge in [-0.05, 0) is 43.2 Å². The molecule has 0 bridgehead atoms. The van der Waals surface area contributed by atoms with Crippen LogP contribution in [0, 0.1) is 13.8 Å². The van der Waals surface area contributed by atoms with E-state index in [9.17, 15) is 0 Å². The lowest BCUT2D eigenvalue weighted by Crippen LogP contribution is -1.96. The Balaban J connectivity index is 2.47. The highest BCUT2D eigenvalue weighted by atomic mass is 14.6. The zero-order valence-electron chi connectivity index (χ0n) is 10.2. The van der Waals surface area contributed by atoms with Crippen molar-refractivity contribution in [3.63, 3.8) is 0 Å². The monoisotopic (exact) mass is 224 g/mol. The quantitative estimate of drug-likeness (QED) is 0.794. The molecular formula is C15H16N2. The number of nitrogen functional groups attached to an aromatic ring is 1. The molecular weight excluding hydrogens is 208 g/mol. The van der Waals surface area contributed by atoms with Crippen LogP contribution < -0.4 is 5.73 Å². The van der Waals surface area contributed by atoms with E-state index < -0.39 is 0 Å². The lowest BCUT2D eigenvalue weighted by molar-refractivity contribution is 1.25. The normalized spacial score (nSPS) is 10.2. The number of aromatic nitrogens is 1. The minimum atomic E-state index is 0.752. The summed E-state index contributed by atoms with van der Waals surface area (Å²) in [4.78, 5) is 4.18. The maximum Gasteiger partial charge on any atom is 0.0393 e. The highest BCUT2D eigenvalue weighted by Gasteiger charge is 2.07. The average Bonchev–Trinajstić information content (AvgIpc) is 2.31. The van der Waals surface area contributed by atoms with Crippen LogP contribution in [0.4, 0.5) is 5.69 Å². The van der Waals surface area contributed by atoms with Gasteiger partial charge in [-0.1, -0.05) is 18.2 Å². The first-order chi connectivity index (χ1) is 8.08. The zero-order chi connectivity index (χ0) is 12.4. The van der Waals surface area contributed by atoms with Gasteiger partial charge in [0.25, 0.3) is 0 Å². The fourth-order valence-electron chi connectivity index (χ4n) is 1.81. The topological polar surface area (TPSA) is 38.9 Å². The maximum atomic E-state index is 5.98. The van der Waals surface area contributed by atoms with Gasteiger partial charge in [0.2, 0.25) is 0 Å². The number of aryl methyl sites for hydroxylation is 2. The number of nitrogens with zero attached hydrogens (tertiary/aromatic N) is 1. The Morgan fingerprint density at radius 2 is 1.88 bits per heavy atom. The molecule has 17 heavy (non-hydrogen) atoms. The SMILES string of the molecule is C=C(c1cncc(C)c1)c1cc(C)ccc1N. The van der Waals surface area contributed by atoms with Gasteiger partial charge in [0.15, 0.2) is 0 Å². The highest BCUT2D eigenvalue weighted by Crippen LogP contribution is 2.27. The second-order valence-corrected chi connectivity index (χ2v) is 4.32. The van der Waals surface area contributed by atoms with Gasteiger partial charge in [-0.2, -0.15) is 0 Å². The molecule has 2 N–H and O–H groups in total. The van der Waals surface area contributed by atoms with Crippen molar-refractivity contribution >= 4 is 11.3 Å². The Bertz CT molecular complexity index is 571. The van der Waals surface area contributed by atoms with Gasteiger partial charge in [-0.25, -0.2) is 0 Å². The van der Waals surface area contributed by atoms with Crippen LogP contribution in [0.5, 0.6) is 0 Å². The van der Waals surface area contributed by atoms with Crippen molar-refractivity contribution in [1.29, 1.82) is 0 Å². The Morgan fingerprint density at radius 3 is 2.59 bits per heavy atom. The van der Waals surface area contributed by atoms with Crippen LogP contribution in [0.2, 0.25) is 0 Å². The Kier molecular flexibility index (Phi) is 2.96. The number of pyridine rings is 1. The molecule has 86 valence electrons. The third kappa shape index (κ3) is 2.36.